The third-order valence-electron chi connectivity index (χ3n) is 6.18. The zero-order chi connectivity index (χ0) is 21.9. The summed E-state index contributed by atoms with van der Waals surface area (Å²) >= 11 is 0. The first-order valence-corrected chi connectivity index (χ1v) is 10.2. The number of anilines is 3. The van der Waals surface area contributed by atoms with E-state index in [0.717, 1.165) is 28.2 Å². The maximum Gasteiger partial charge on any atom is 0.264 e. The minimum absolute atomic E-state index is 0.0193. The number of halogens is 2. The molecular formula is C24H22F2N4O. The van der Waals surface area contributed by atoms with E-state index in [4.69, 9.17) is 0 Å². The summed E-state index contributed by atoms with van der Waals surface area (Å²) in [6.45, 7) is 2.46. The van der Waals surface area contributed by atoms with Crippen molar-refractivity contribution in [2.24, 2.45) is 7.05 Å². The summed E-state index contributed by atoms with van der Waals surface area (Å²) in [4.78, 5) is 16.0. The minimum Gasteiger partial charge on any atom is -0.337 e. The summed E-state index contributed by atoms with van der Waals surface area (Å²) in [5.74, 6) is -0.109. The van der Waals surface area contributed by atoms with Crippen molar-refractivity contribution in [3.05, 3.63) is 65.5 Å². The molecule has 31 heavy (non-hydrogen) atoms. The van der Waals surface area contributed by atoms with Gasteiger partial charge in [-0.05, 0) is 47.9 Å². The van der Waals surface area contributed by atoms with Crippen LogP contribution in [0.5, 0.6) is 0 Å². The lowest BCUT2D eigenvalue weighted by atomic mass is 9.95. The van der Waals surface area contributed by atoms with Crippen LogP contribution < -0.4 is 9.80 Å². The van der Waals surface area contributed by atoms with Crippen molar-refractivity contribution in [3.8, 4) is 11.1 Å². The molecule has 0 spiro atoms. The van der Waals surface area contributed by atoms with E-state index in [1.165, 1.54) is 0 Å². The van der Waals surface area contributed by atoms with Gasteiger partial charge in [-0.3, -0.25) is 9.48 Å². The monoisotopic (exact) mass is 420 g/mol. The molecule has 3 aromatic rings. The number of carbonyl (C=O) groups is 1. The van der Waals surface area contributed by atoms with Crippen LogP contribution in [0, 0.1) is 0 Å². The third-order valence-corrected chi connectivity index (χ3v) is 6.18. The van der Waals surface area contributed by atoms with E-state index in [2.05, 4.69) is 5.10 Å². The molecule has 0 saturated heterocycles. The Morgan fingerprint density at radius 1 is 1.13 bits per heavy atom. The fraction of sp³-hybridized carbons (Fsp3) is 0.250. The molecule has 2 aliphatic heterocycles. The predicted molar refractivity (Wildman–Crippen MR) is 118 cm³/mol. The van der Waals surface area contributed by atoms with Gasteiger partial charge in [0.05, 0.1) is 12.1 Å². The Bertz CT molecular complexity index is 1230. The van der Waals surface area contributed by atoms with Gasteiger partial charge < -0.3 is 9.80 Å². The second-order valence-corrected chi connectivity index (χ2v) is 8.08. The highest BCUT2D eigenvalue weighted by Crippen LogP contribution is 2.43. The van der Waals surface area contributed by atoms with E-state index < -0.39 is 6.43 Å². The first-order valence-electron chi connectivity index (χ1n) is 10.2. The van der Waals surface area contributed by atoms with Crippen molar-refractivity contribution in [3.63, 3.8) is 0 Å². The second-order valence-electron chi connectivity index (χ2n) is 8.08. The molecule has 0 aliphatic carbocycles. The Labute approximate surface area is 179 Å². The van der Waals surface area contributed by atoms with Gasteiger partial charge in [-0.25, -0.2) is 8.78 Å². The van der Waals surface area contributed by atoms with Gasteiger partial charge in [-0.1, -0.05) is 18.2 Å². The number of carbonyl (C=O) groups excluding carboxylic acids is 1. The summed E-state index contributed by atoms with van der Waals surface area (Å²) in [5.41, 5.74) is 5.45. The highest BCUT2D eigenvalue weighted by Gasteiger charge is 2.32. The van der Waals surface area contributed by atoms with E-state index in [-0.39, 0.29) is 17.4 Å². The van der Waals surface area contributed by atoms with E-state index in [1.54, 1.807) is 42.1 Å². The van der Waals surface area contributed by atoms with Crippen molar-refractivity contribution in [1.29, 1.82) is 0 Å². The Morgan fingerprint density at radius 3 is 2.65 bits per heavy atom. The number of nitrogens with zero attached hydrogens (tertiary/aromatic N) is 4. The minimum atomic E-state index is -2.61. The van der Waals surface area contributed by atoms with Crippen LogP contribution in [0.1, 0.15) is 36.0 Å². The molecule has 0 unspecified atom stereocenters. The first kappa shape index (κ1) is 19.5. The van der Waals surface area contributed by atoms with Crippen molar-refractivity contribution in [2.45, 2.75) is 19.3 Å². The van der Waals surface area contributed by atoms with Crippen LogP contribution in [0.25, 0.3) is 17.2 Å². The van der Waals surface area contributed by atoms with E-state index >= 15 is 0 Å². The van der Waals surface area contributed by atoms with Crippen LogP contribution in [0.15, 0.2) is 48.8 Å². The molecule has 0 bridgehead atoms. The normalized spacial score (nSPS) is 17.5. The highest BCUT2D eigenvalue weighted by atomic mass is 19.3. The van der Waals surface area contributed by atoms with E-state index in [0.29, 0.717) is 17.7 Å². The largest absolute Gasteiger partial charge is 0.337 e. The summed E-state index contributed by atoms with van der Waals surface area (Å²) in [6.07, 6.45) is 4.71. The zero-order valence-electron chi connectivity index (χ0n) is 17.5. The van der Waals surface area contributed by atoms with Gasteiger partial charge in [0, 0.05) is 55.0 Å². The lowest BCUT2D eigenvalue weighted by Gasteiger charge is -2.30. The van der Waals surface area contributed by atoms with E-state index in [1.807, 2.05) is 48.2 Å². The van der Waals surface area contributed by atoms with Gasteiger partial charge in [0.1, 0.15) is 0 Å². The topological polar surface area (TPSA) is 41.4 Å². The van der Waals surface area contributed by atoms with Gasteiger partial charge in [-0.15, -0.1) is 0 Å². The Kier molecular flexibility index (Phi) is 4.43. The number of amides is 1. The van der Waals surface area contributed by atoms with Crippen LogP contribution >= 0.6 is 0 Å². The van der Waals surface area contributed by atoms with Gasteiger partial charge in [0.15, 0.2) is 0 Å². The van der Waals surface area contributed by atoms with Crippen LogP contribution in [0.2, 0.25) is 0 Å². The molecule has 1 amide bonds. The average molecular weight is 420 g/mol. The van der Waals surface area contributed by atoms with Crippen LogP contribution in [0.3, 0.4) is 0 Å². The predicted octanol–water partition coefficient (Wildman–Crippen LogP) is 5.27. The Hall–Kier alpha value is -3.48. The molecule has 0 saturated carbocycles. The molecule has 0 fully saturated rings. The number of likely N-dealkylation sites (N-methyl/N-ethyl adjacent to an activating group) is 1. The molecule has 1 aromatic heterocycles. The number of alkyl halides is 2. The lowest BCUT2D eigenvalue weighted by molar-refractivity contribution is -0.118. The zero-order valence-corrected chi connectivity index (χ0v) is 17.5. The SMILES string of the molecule is C[C@H]1C(=O)N(C)c2cc(N3CC=Cc4cc(-c5cnn(C)c5)c(C(F)F)cc43)ccc21. The van der Waals surface area contributed by atoms with Gasteiger partial charge >= 0.3 is 0 Å². The van der Waals surface area contributed by atoms with Gasteiger partial charge in [-0.2, -0.15) is 5.10 Å². The number of aryl methyl sites for hydroxylation is 1. The highest BCUT2D eigenvalue weighted by molar-refractivity contribution is 6.05. The molecule has 1 atom stereocenters. The molecule has 0 radical (unpaired) electrons. The number of aromatic nitrogens is 2. The number of rotatable bonds is 3. The number of hydrogen-bond donors (Lipinski definition) is 0. The number of fused-ring (bicyclic) bond motifs is 2. The fourth-order valence-corrected chi connectivity index (χ4v) is 4.51. The van der Waals surface area contributed by atoms with Crippen molar-refractivity contribution in [1.82, 2.24) is 9.78 Å². The maximum absolute atomic E-state index is 14.0. The summed E-state index contributed by atoms with van der Waals surface area (Å²) in [5, 5.41) is 4.13. The van der Waals surface area contributed by atoms with Crippen LogP contribution in [0.4, 0.5) is 25.8 Å². The summed E-state index contributed by atoms with van der Waals surface area (Å²) in [6, 6.07) is 9.28. The first-order chi connectivity index (χ1) is 14.8. The van der Waals surface area contributed by atoms with Crippen LogP contribution in [-0.2, 0) is 11.8 Å². The molecule has 158 valence electrons. The van der Waals surface area contributed by atoms with Crippen molar-refractivity contribution >= 4 is 29.0 Å². The molecule has 3 heterocycles. The molecule has 0 N–H and O–H groups in total. The maximum atomic E-state index is 14.0. The lowest BCUT2D eigenvalue weighted by Crippen LogP contribution is -2.23. The van der Waals surface area contributed by atoms with Crippen LogP contribution in [-0.4, -0.2) is 29.3 Å². The Balaban J connectivity index is 1.62. The standard InChI is InChI=1S/C24H22F2N4O/c1-14-18-7-6-17(10-22(18)29(3)24(14)31)30-8-4-5-15-9-19(16-12-27-28(2)13-16)20(23(25)26)11-21(15)30/h4-7,9-14,23H,8H2,1-3H3/t14-/m1/s1. The molecule has 5 rings (SSSR count). The molecule has 5 nitrogen and oxygen atoms in total. The second kappa shape index (κ2) is 7.04. The summed E-state index contributed by atoms with van der Waals surface area (Å²) in [7, 11) is 3.54. The smallest absolute Gasteiger partial charge is 0.264 e. The average Bonchev–Trinajstić information content (AvgIpc) is 3.29. The van der Waals surface area contributed by atoms with Crippen molar-refractivity contribution in [2.75, 3.05) is 23.4 Å². The quantitative estimate of drug-likeness (QED) is 0.580. The third kappa shape index (κ3) is 3.03. The van der Waals surface area contributed by atoms with Gasteiger partial charge in [0.25, 0.3) is 6.43 Å². The Morgan fingerprint density at radius 2 is 1.94 bits per heavy atom. The van der Waals surface area contributed by atoms with E-state index in [9.17, 15) is 13.6 Å². The molecular weight excluding hydrogens is 398 g/mol. The molecule has 2 aliphatic rings. The number of benzene rings is 2. The fourth-order valence-electron chi connectivity index (χ4n) is 4.51. The van der Waals surface area contributed by atoms with Crippen molar-refractivity contribution < 1.29 is 13.6 Å². The van der Waals surface area contributed by atoms with Gasteiger partial charge in [0.2, 0.25) is 5.91 Å². The molecule has 7 heteroatoms. The molecule has 2 aromatic carbocycles. The number of hydrogen-bond acceptors (Lipinski definition) is 3. The summed E-state index contributed by atoms with van der Waals surface area (Å²) < 4.78 is 29.7.